The number of carbonyl (C=O) groups is 1. The average Bonchev–Trinajstić information content (AvgIpc) is 3.24. The Balaban J connectivity index is 1.67. The van der Waals surface area contributed by atoms with Gasteiger partial charge in [-0.1, -0.05) is 55.1 Å². The quantitative estimate of drug-likeness (QED) is 0.393. The molecule has 4 nitrogen and oxygen atoms in total. The lowest BCUT2D eigenvalue weighted by Crippen LogP contribution is -2.41. The highest BCUT2D eigenvalue weighted by atomic mass is 35.5. The minimum atomic E-state index is -0.767. The molecule has 0 aliphatic heterocycles. The highest BCUT2D eigenvalue weighted by molar-refractivity contribution is 6.36. The van der Waals surface area contributed by atoms with E-state index < -0.39 is 5.97 Å². The van der Waals surface area contributed by atoms with Crippen molar-refractivity contribution in [3.63, 3.8) is 0 Å². The van der Waals surface area contributed by atoms with Crippen molar-refractivity contribution in [2.75, 3.05) is 5.32 Å². The summed E-state index contributed by atoms with van der Waals surface area (Å²) < 4.78 is 0. The van der Waals surface area contributed by atoms with E-state index in [0.29, 0.717) is 12.3 Å². The standard InChI is InChI=1S/C25H29ClN2O2/c1-25(19-5-3-2-4-6-19,21-13-10-18-15-16-27-24(18)23(21)26)28-20-11-7-17(8-12-20)9-14-22(29)30/h7-8,10-13,15-16,19,27-28H,2-6,9,14H2,1H3,(H,29,30). The molecule has 1 atom stereocenters. The molecule has 2 aromatic carbocycles. The molecule has 1 aliphatic carbocycles. The minimum Gasteiger partial charge on any atom is -0.481 e. The number of aromatic amines is 1. The van der Waals surface area contributed by atoms with Crippen LogP contribution in [0.15, 0.2) is 48.7 Å². The molecule has 0 bridgehead atoms. The van der Waals surface area contributed by atoms with Gasteiger partial charge in [-0.15, -0.1) is 0 Å². The SMILES string of the molecule is CC(Nc1ccc(CCC(=O)O)cc1)(c1ccc2cc[nH]c2c1Cl)C1CCCCC1. The Morgan fingerprint density at radius 2 is 1.87 bits per heavy atom. The predicted octanol–water partition coefficient (Wildman–Crippen LogP) is 6.75. The van der Waals surface area contributed by atoms with Crippen molar-refractivity contribution in [2.24, 2.45) is 5.92 Å². The predicted molar refractivity (Wildman–Crippen MR) is 123 cm³/mol. The normalized spacial score (nSPS) is 17.0. The maximum absolute atomic E-state index is 10.8. The van der Waals surface area contributed by atoms with E-state index in [4.69, 9.17) is 16.7 Å². The molecule has 1 unspecified atom stereocenters. The first-order valence-corrected chi connectivity index (χ1v) is 11.2. The van der Waals surface area contributed by atoms with Gasteiger partial charge in [0.1, 0.15) is 0 Å². The zero-order valence-corrected chi connectivity index (χ0v) is 18.1. The van der Waals surface area contributed by atoms with E-state index >= 15 is 0 Å². The molecule has 3 aromatic rings. The van der Waals surface area contributed by atoms with Crippen molar-refractivity contribution in [2.45, 2.75) is 57.4 Å². The van der Waals surface area contributed by atoms with Gasteiger partial charge in [0, 0.05) is 23.7 Å². The van der Waals surface area contributed by atoms with E-state index in [0.717, 1.165) is 32.7 Å². The molecule has 0 spiro atoms. The van der Waals surface area contributed by atoms with Gasteiger partial charge in [0.25, 0.3) is 0 Å². The molecule has 1 heterocycles. The lowest BCUT2D eigenvalue weighted by atomic mass is 9.71. The molecule has 0 amide bonds. The average molecular weight is 425 g/mol. The molecule has 1 fully saturated rings. The van der Waals surface area contributed by atoms with Crippen molar-refractivity contribution >= 4 is 34.2 Å². The van der Waals surface area contributed by atoms with Crippen molar-refractivity contribution < 1.29 is 9.90 Å². The van der Waals surface area contributed by atoms with Crippen LogP contribution >= 0.6 is 11.6 Å². The number of anilines is 1. The van der Waals surface area contributed by atoms with Gasteiger partial charge in [0.05, 0.1) is 16.1 Å². The second-order valence-corrected chi connectivity index (χ2v) is 9.00. The smallest absolute Gasteiger partial charge is 0.303 e. The Morgan fingerprint density at radius 1 is 1.13 bits per heavy atom. The summed E-state index contributed by atoms with van der Waals surface area (Å²) >= 11 is 6.92. The van der Waals surface area contributed by atoms with Crippen LogP contribution in [0.25, 0.3) is 10.9 Å². The molecule has 1 aliphatic rings. The number of hydrogen-bond donors (Lipinski definition) is 3. The van der Waals surface area contributed by atoms with Gasteiger partial charge in [-0.05, 0) is 61.4 Å². The summed E-state index contributed by atoms with van der Waals surface area (Å²) in [6, 6.07) is 14.5. The molecular weight excluding hydrogens is 396 g/mol. The van der Waals surface area contributed by atoms with Gasteiger partial charge in [0.15, 0.2) is 0 Å². The lowest BCUT2D eigenvalue weighted by molar-refractivity contribution is -0.136. The maximum atomic E-state index is 10.8. The topological polar surface area (TPSA) is 65.1 Å². The number of halogens is 1. The number of benzene rings is 2. The summed E-state index contributed by atoms with van der Waals surface area (Å²) in [7, 11) is 0. The number of H-pyrrole nitrogens is 1. The van der Waals surface area contributed by atoms with Gasteiger partial charge in [0.2, 0.25) is 0 Å². The van der Waals surface area contributed by atoms with E-state index in [2.05, 4.69) is 41.5 Å². The summed E-state index contributed by atoms with van der Waals surface area (Å²) in [4.78, 5) is 14.1. The number of aromatic nitrogens is 1. The summed E-state index contributed by atoms with van der Waals surface area (Å²) in [5.41, 5.74) is 3.89. The van der Waals surface area contributed by atoms with Crippen LogP contribution in [-0.2, 0) is 16.8 Å². The van der Waals surface area contributed by atoms with Gasteiger partial charge in [-0.3, -0.25) is 4.79 Å². The number of carboxylic acid groups (broad SMARTS) is 1. The van der Waals surface area contributed by atoms with E-state index in [1.54, 1.807) is 0 Å². The summed E-state index contributed by atoms with van der Waals surface area (Å²) in [5.74, 6) is -0.278. The van der Waals surface area contributed by atoms with Crippen LogP contribution in [0.2, 0.25) is 5.02 Å². The van der Waals surface area contributed by atoms with Gasteiger partial charge in [-0.2, -0.15) is 0 Å². The third-order valence-electron chi connectivity index (χ3n) is 6.63. The molecule has 1 aromatic heterocycles. The number of aryl methyl sites for hydroxylation is 1. The number of carboxylic acids is 1. The van der Waals surface area contributed by atoms with Crippen molar-refractivity contribution in [1.29, 1.82) is 0 Å². The largest absolute Gasteiger partial charge is 0.481 e. The van der Waals surface area contributed by atoms with Gasteiger partial charge < -0.3 is 15.4 Å². The zero-order chi connectivity index (χ0) is 21.1. The van der Waals surface area contributed by atoms with E-state index in [-0.39, 0.29) is 12.0 Å². The number of rotatable bonds is 7. The second kappa shape index (κ2) is 8.73. The van der Waals surface area contributed by atoms with Gasteiger partial charge in [-0.25, -0.2) is 0 Å². The lowest BCUT2D eigenvalue weighted by Gasteiger charge is -2.42. The molecule has 3 N–H and O–H groups in total. The van der Waals surface area contributed by atoms with E-state index in [9.17, 15) is 4.79 Å². The molecular formula is C25H29ClN2O2. The van der Waals surface area contributed by atoms with Crippen molar-refractivity contribution in [1.82, 2.24) is 4.98 Å². The first kappa shape index (κ1) is 20.8. The van der Waals surface area contributed by atoms with Crippen LogP contribution in [0.5, 0.6) is 0 Å². The first-order valence-electron chi connectivity index (χ1n) is 10.8. The van der Waals surface area contributed by atoms with Crippen LogP contribution in [-0.4, -0.2) is 16.1 Å². The minimum absolute atomic E-state index is 0.151. The number of aliphatic carboxylic acids is 1. The summed E-state index contributed by atoms with van der Waals surface area (Å²) in [6.07, 6.45) is 8.79. The Bertz CT molecular complexity index is 1020. The molecule has 0 saturated heterocycles. The van der Waals surface area contributed by atoms with E-state index in [1.807, 2.05) is 24.4 Å². The first-order chi connectivity index (χ1) is 14.5. The Labute approximate surface area is 182 Å². The Hall–Kier alpha value is -2.46. The fraction of sp³-hybridized carbons (Fsp3) is 0.400. The zero-order valence-electron chi connectivity index (χ0n) is 17.4. The number of fused-ring (bicyclic) bond motifs is 1. The summed E-state index contributed by atoms with van der Waals surface area (Å²) in [6.45, 7) is 2.28. The fourth-order valence-electron chi connectivity index (χ4n) is 4.87. The number of hydrogen-bond acceptors (Lipinski definition) is 2. The highest BCUT2D eigenvalue weighted by Gasteiger charge is 2.38. The van der Waals surface area contributed by atoms with Crippen LogP contribution < -0.4 is 5.32 Å². The molecule has 0 radical (unpaired) electrons. The van der Waals surface area contributed by atoms with Crippen molar-refractivity contribution in [3.8, 4) is 0 Å². The third kappa shape index (κ3) is 4.20. The second-order valence-electron chi connectivity index (χ2n) is 8.62. The Morgan fingerprint density at radius 3 is 2.57 bits per heavy atom. The number of nitrogens with one attached hydrogen (secondary N) is 2. The van der Waals surface area contributed by atoms with Crippen LogP contribution in [0.1, 0.15) is 56.6 Å². The molecule has 158 valence electrons. The third-order valence-corrected chi connectivity index (χ3v) is 7.02. The van der Waals surface area contributed by atoms with Crippen LogP contribution in [0.4, 0.5) is 5.69 Å². The molecule has 5 heteroatoms. The van der Waals surface area contributed by atoms with E-state index in [1.165, 1.54) is 32.1 Å². The Kier molecular flexibility index (Phi) is 6.05. The monoisotopic (exact) mass is 424 g/mol. The summed E-state index contributed by atoms with van der Waals surface area (Å²) in [5, 5.41) is 14.6. The molecule has 4 rings (SSSR count). The van der Waals surface area contributed by atoms with Gasteiger partial charge >= 0.3 is 5.97 Å². The molecule has 1 saturated carbocycles. The highest BCUT2D eigenvalue weighted by Crippen LogP contribution is 2.45. The fourth-order valence-corrected chi connectivity index (χ4v) is 5.29. The van der Waals surface area contributed by atoms with Crippen LogP contribution in [0, 0.1) is 5.92 Å². The van der Waals surface area contributed by atoms with Crippen LogP contribution in [0.3, 0.4) is 0 Å². The maximum Gasteiger partial charge on any atom is 0.303 e. The van der Waals surface area contributed by atoms with Crippen molar-refractivity contribution in [3.05, 3.63) is 64.8 Å². The molecule has 30 heavy (non-hydrogen) atoms.